The van der Waals surface area contributed by atoms with Crippen molar-refractivity contribution in [3.63, 3.8) is 0 Å². The molecule has 0 unspecified atom stereocenters. The second-order valence-corrected chi connectivity index (χ2v) is 15.3. The molecule has 0 fully saturated rings. The van der Waals surface area contributed by atoms with Gasteiger partial charge in [-0.1, -0.05) is 153 Å². The van der Waals surface area contributed by atoms with E-state index in [2.05, 4.69) is 201 Å². The third kappa shape index (κ3) is 4.88. The number of hydrogen-bond acceptors (Lipinski definition) is 2. The molecule has 1 aliphatic rings. The summed E-state index contributed by atoms with van der Waals surface area (Å²) < 4.78 is 6.36. The molecule has 1 heterocycles. The summed E-state index contributed by atoms with van der Waals surface area (Å²) in [6.07, 6.45) is 0. The lowest BCUT2D eigenvalue weighted by Crippen LogP contribution is -2.17. The predicted molar refractivity (Wildman–Crippen MR) is 232 cm³/mol. The lowest BCUT2D eigenvalue weighted by atomic mass is 9.82. The minimum atomic E-state index is -0.149. The lowest BCUT2D eigenvalue weighted by Gasteiger charge is -2.31. The topological polar surface area (TPSA) is 16.4 Å². The number of furan rings is 1. The van der Waals surface area contributed by atoms with Crippen LogP contribution >= 0.6 is 0 Å². The van der Waals surface area contributed by atoms with Gasteiger partial charge in [0, 0.05) is 33.1 Å². The number of para-hydroxylation sites is 1. The molecule has 9 aromatic carbocycles. The molecule has 0 bridgehead atoms. The molecule has 10 aromatic rings. The molecule has 0 aliphatic heterocycles. The van der Waals surface area contributed by atoms with E-state index in [-0.39, 0.29) is 5.41 Å². The third-order valence-electron chi connectivity index (χ3n) is 11.8. The Labute approximate surface area is 320 Å². The highest BCUT2D eigenvalue weighted by atomic mass is 16.3. The predicted octanol–water partition coefficient (Wildman–Crippen LogP) is 15.0. The van der Waals surface area contributed by atoms with Crippen LogP contribution in [-0.2, 0) is 5.41 Å². The van der Waals surface area contributed by atoms with Gasteiger partial charge in [-0.15, -0.1) is 0 Å². The van der Waals surface area contributed by atoms with E-state index in [1.54, 1.807) is 0 Å². The molecular weight excluding hydrogens is 667 g/mol. The van der Waals surface area contributed by atoms with Gasteiger partial charge in [-0.2, -0.15) is 0 Å². The average molecular weight is 704 g/mol. The van der Waals surface area contributed by atoms with Crippen molar-refractivity contribution in [2.75, 3.05) is 4.90 Å². The van der Waals surface area contributed by atoms with Crippen LogP contribution in [0.25, 0.3) is 76.9 Å². The van der Waals surface area contributed by atoms with Crippen LogP contribution in [0.5, 0.6) is 0 Å². The monoisotopic (exact) mass is 703 g/mol. The van der Waals surface area contributed by atoms with Gasteiger partial charge in [0.25, 0.3) is 0 Å². The highest BCUT2D eigenvalue weighted by Crippen LogP contribution is 2.53. The fourth-order valence-electron chi connectivity index (χ4n) is 9.16. The van der Waals surface area contributed by atoms with E-state index in [1.807, 2.05) is 6.07 Å². The summed E-state index contributed by atoms with van der Waals surface area (Å²) in [4.78, 5) is 2.47. The molecular formula is C53H37NO. The molecule has 260 valence electrons. The molecule has 1 aromatic heterocycles. The van der Waals surface area contributed by atoms with Crippen molar-refractivity contribution in [3.8, 4) is 33.4 Å². The van der Waals surface area contributed by atoms with Gasteiger partial charge in [0.2, 0.25) is 0 Å². The summed E-state index contributed by atoms with van der Waals surface area (Å²) in [5.41, 5.74) is 15.0. The number of hydrogen-bond donors (Lipinski definition) is 0. The number of nitrogens with zero attached hydrogens (tertiary/aromatic N) is 1. The Kier molecular flexibility index (Phi) is 6.93. The number of rotatable bonds is 5. The summed E-state index contributed by atoms with van der Waals surface area (Å²) in [7, 11) is 0. The highest BCUT2D eigenvalue weighted by Gasteiger charge is 2.36. The van der Waals surface area contributed by atoms with Gasteiger partial charge in [0.1, 0.15) is 11.2 Å². The fourth-order valence-corrected chi connectivity index (χ4v) is 9.16. The maximum absolute atomic E-state index is 6.36. The van der Waals surface area contributed by atoms with Gasteiger partial charge in [0.15, 0.2) is 0 Å². The second kappa shape index (κ2) is 12.1. The van der Waals surface area contributed by atoms with Crippen LogP contribution < -0.4 is 4.90 Å². The van der Waals surface area contributed by atoms with Crippen LogP contribution in [0.2, 0.25) is 0 Å². The standard InChI is InChI=1S/C53H37NO/c1-53(2)47-22-9-7-18-42(47)43-29-27-39(33-48(43)53)54(38-28-30-51-46(32-38)44-19-8-10-24-50(44)55-51)49-23-12-20-41(37-26-25-34-13-3-4-15-36(34)31-37)52(49)45-21-11-16-35-14-5-6-17-40(35)45/h3-33H,1-2H3. The molecule has 11 rings (SSSR count). The number of fused-ring (bicyclic) bond motifs is 8. The van der Waals surface area contributed by atoms with E-state index >= 15 is 0 Å². The van der Waals surface area contributed by atoms with Gasteiger partial charge < -0.3 is 9.32 Å². The molecule has 0 amide bonds. The maximum atomic E-state index is 6.36. The van der Waals surface area contributed by atoms with Crippen molar-refractivity contribution >= 4 is 60.5 Å². The Hall–Kier alpha value is -6.90. The van der Waals surface area contributed by atoms with Crippen molar-refractivity contribution < 1.29 is 4.42 Å². The molecule has 2 nitrogen and oxygen atoms in total. The van der Waals surface area contributed by atoms with E-state index in [9.17, 15) is 0 Å². The Morgan fingerprint density at radius 3 is 1.95 bits per heavy atom. The zero-order chi connectivity index (χ0) is 36.7. The first-order valence-corrected chi connectivity index (χ1v) is 19.1. The van der Waals surface area contributed by atoms with E-state index in [0.29, 0.717) is 0 Å². The maximum Gasteiger partial charge on any atom is 0.135 e. The van der Waals surface area contributed by atoms with Gasteiger partial charge in [-0.05, 0) is 109 Å². The normalized spacial score (nSPS) is 13.1. The smallest absolute Gasteiger partial charge is 0.135 e. The first kappa shape index (κ1) is 31.6. The van der Waals surface area contributed by atoms with Crippen LogP contribution in [0.1, 0.15) is 25.0 Å². The summed E-state index contributed by atoms with van der Waals surface area (Å²) in [5.74, 6) is 0. The summed E-state index contributed by atoms with van der Waals surface area (Å²) in [6, 6.07) is 68.7. The third-order valence-corrected chi connectivity index (χ3v) is 11.8. The van der Waals surface area contributed by atoms with Crippen LogP contribution in [0, 0.1) is 0 Å². The summed E-state index contributed by atoms with van der Waals surface area (Å²) >= 11 is 0. The van der Waals surface area contributed by atoms with E-state index in [1.165, 1.54) is 66.1 Å². The lowest BCUT2D eigenvalue weighted by molar-refractivity contribution is 0.660. The van der Waals surface area contributed by atoms with Crippen molar-refractivity contribution in [2.45, 2.75) is 19.3 Å². The molecule has 0 spiro atoms. The largest absolute Gasteiger partial charge is 0.456 e. The van der Waals surface area contributed by atoms with Crippen molar-refractivity contribution in [2.24, 2.45) is 0 Å². The zero-order valence-corrected chi connectivity index (χ0v) is 30.8. The Bertz CT molecular complexity index is 3140. The highest BCUT2D eigenvalue weighted by molar-refractivity contribution is 6.09. The first-order chi connectivity index (χ1) is 27.0. The zero-order valence-electron chi connectivity index (χ0n) is 30.8. The Balaban J connectivity index is 1.23. The van der Waals surface area contributed by atoms with Gasteiger partial charge in [-0.25, -0.2) is 0 Å². The fraction of sp³-hybridized carbons (Fsp3) is 0.0566. The molecule has 55 heavy (non-hydrogen) atoms. The van der Waals surface area contributed by atoms with E-state index in [4.69, 9.17) is 4.42 Å². The van der Waals surface area contributed by atoms with Gasteiger partial charge in [0.05, 0.1) is 5.69 Å². The minimum Gasteiger partial charge on any atom is -0.456 e. The van der Waals surface area contributed by atoms with Crippen LogP contribution in [0.4, 0.5) is 17.1 Å². The van der Waals surface area contributed by atoms with Crippen LogP contribution in [0.3, 0.4) is 0 Å². The molecule has 0 saturated carbocycles. The SMILES string of the molecule is CC1(C)c2ccccc2-c2ccc(N(c3ccc4oc5ccccc5c4c3)c3cccc(-c4ccc5ccccc5c4)c3-c3cccc4ccccc34)cc21. The minimum absolute atomic E-state index is 0.149. The van der Waals surface area contributed by atoms with Crippen molar-refractivity contribution in [1.82, 2.24) is 0 Å². The Morgan fingerprint density at radius 2 is 1.04 bits per heavy atom. The average Bonchev–Trinajstić information content (AvgIpc) is 3.72. The molecule has 1 aliphatic carbocycles. The molecule has 2 heteroatoms. The van der Waals surface area contributed by atoms with E-state index < -0.39 is 0 Å². The summed E-state index contributed by atoms with van der Waals surface area (Å²) in [6.45, 7) is 4.72. The van der Waals surface area contributed by atoms with Gasteiger partial charge in [-0.3, -0.25) is 0 Å². The van der Waals surface area contributed by atoms with E-state index in [0.717, 1.165) is 39.0 Å². The number of anilines is 3. The van der Waals surface area contributed by atoms with Gasteiger partial charge >= 0.3 is 0 Å². The Morgan fingerprint density at radius 1 is 0.400 bits per heavy atom. The first-order valence-electron chi connectivity index (χ1n) is 19.1. The number of benzene rings is 9. The molecule has 0 atom stereocenters. The van der Waals surface area contributed by atoms with Crippen LogP contribution in [0.15, 0.2) is 192 Å². The molecule has 0 saturated heterocycles. The van der Waals surface area contributed by atoms with Crippen molar-refractivity contribution in [1.29, 1.82) is 0 Å². The molecule has 0 N–H and O–H groups in total. The summed E-state index contributed by atoms with van der Waals surface area (Å²) in [5, 5.41) is 7.12. The quantitative estimate of drug-likeness (QED) is 0.177. The molecule has 0 radical (unpaired) electrons. The van der Waals surface area contributed by atoms with Crippen LogP contribution in [-0.4, -0.2) is 0 Å². The second-order valence-electron chi connectivity index (χ2n) is 15.3. The van der Waals surface area contributed by atoms with Crippen molar-refractivity contribution in [3.05, 3.63) is 199 Å².